The van der Waals surface area contributed by atoms with E-state index < -0.39 is 0 Å². The number of H-pyrrole nitrogens is 1. The quantitative estimate of drug-likeness (QED) is 0.918. The highest BCUT2D eigenvalue weighted by molar-refractivity contribution is 5.86. The van der Waals surface area contributed by atoms with Crippen LogP contribution in [-0.4, -0.2) is 12.1 Å². The molecule has 0 aliphatic rings. The summed E-state index contributed by atoms with van der Waals surface area (Å²) in [5.41, 5.74) is 2.19. The summed E-state index contributed by atoms with van der Waals surface area (Å²) in [7, 11) is 1.59. The maximum Gasteiger partial charge on any atom is 0.251 e. The number of hydrogen-bond donors (Lipinski definition) is 1. The molecular weight excluding hydrogens is 240 g/mol. The fourth-order valence-corrected chi connectivity index (χ4v) is 2.10. The number of fused-ring (bicyclic) bond motifs is 1. The number of nitrogens with one attached hydrogen (secondary N) is 1. The van der Waals surface area contributed by atoms with Gasteiger partial charge in [0.2, 0.25) is 0 Å². The van der Waals surface area contributed by atoms with Gasteiger partial charge in [-0.2, -0.15) is 5.26 Å². The number of methoxy groups -OCH3 is 1. The van der Waals surface area contributed by atoms with Crippen LogP contribution in [0.25, 0.3) is 10.9 Å². The fourth-order valence-electron chi connectivity index (χ4n) is 2.10. The molecule has 0 spiro atoms. The molecule has 4 heteroatoms. The third-order valence-electron chi connectivity index (χ3n) is 3.32. The Kier molecular flexibility index (Phi) is 3.57. The van der Waals surface area contributed by atoms with Crippen LogP contribution < -0.4 is 10.3 Å². The molecule has 1 aromatic heterocycles. The van der Waals surface area contributed by atoms with Gasteiger partial charge >= 0.3 is 0 Å². The van der Waals surface area contributed by atoms with E-state index in [0.29, 0.717) is 17.7 Å². The molecule has 0 aliphatic carbocycles. The van der Waals surface area contributed by atoms with E-state index >= 15 is 0 Å². The Bertz CT molecular complexity index is 710. The number of ether oxygens (including phenoxy) is 1. The van der Waals surface area contributed by atoms with E-state index in [4.69, 9.17) is 10.00 Å². The van der Waals surface area contributed by atoms with Crippen LogP contribution in [0.3, 0.4) is 0 Å². The molecule has 1 unspecified atom stereocenters. The first-order valence-electron chi connectivity index (χ1n) is 6.24. The zero-order chi connectivity index (χ0) is 14.0. The minimum atomic E-state index is -0.243. The van der Waals surface area contributed by atoms with Crippen molar-refractivity contribution in [2.24, 2.45) is 0 Å². The summed E-state index contributed by atoms with van der Waals surface area (Å²) in [5, 5.41) is 9.87. The molecule has 0 aliphatic heterocycles. The van der Waals surface area contributed by atoms with Crippen LogP contribution in [0.1, 0.15) is 30.9 Å². The Labute approximate surface area is 111 Å². The topological polar surface area (TPSA) is 65.9 Å². The van der Waals surface area contributed by atoms with Crippen molar-refractivity contribution in [1.82, 2.24) is 4.98 Å². The van der Waals surface area contributed by atoms with Gasteiger partial charge in [-0.25, -0.2) is 0 Å². The van der Waals surface area contributed by atoms with E-state index in [2.05, 4.69) is 11.1 Å². The number of pyridine rings is 1. The van der Waals surface area contributed by atoms with Crippen LogP contribution in [0.2, 0.25) is 0 Å². The van der Waals surface area contributed by atoms with Crippen LogP contribution in [0.15, 0.2) is 23.0 Å². The molecule has 98 valence electrons. The van der Waals surface area contributed by atoms with Crippen molar-refractivity contribution in [3.63, 3.8) is 0 Å². The molecule has 4 nitrogen and oxygen atoms in total. The van der Waals surface area contributed by atoms with Gasteiger partial charge in [0.05, 0.1) is 24.6 Å². The van der Waals surface area contributed by atoms with Gasteiger partial charge in [-0.05, 0) is 37.1 Å². The maximum absolute atomic E-state index is 11.9. The fraction of sp³-hybridized carbons (Fsp3) is 0.333. The molecule has 2 aromatic rings. The summed E-state index contributed by atoms with van der Waals surface area (Å²) in [6.07, 6.45) is 0.671. The van der Waals surface area contributed by atoms with Crippen molar-refractivity contribution in [2.45, 2.75) is 26.2 Å². The molecule has 1 atom stereocenters. The Balaban J connectivity index is 2.78. The summed E-state index contributed by atoms with van der Waals surface area (Å²) >= 11 is 0. The van der Waals surface area contributed by atoms with E-state index in [0.717, 1.165) is 16.5 Å². The van der Waals surface area contributed by atoms with Gasteiger partial charge in [0.25, 0.3) is 5.56 Å². The zero-order valence-electron chi connectivity index (χ0n) is 11.3. The molecule has 0 bridgehead atoms. The standard InChI is InChI=1S/C15H16N2O2/c1-4-10-5-12-13(17-15(10)18)6-11(9(2)8-16)7-14(12)19-3/h5-7,9H,4H2,1-3H3,(H,17,18). The van der Waals surface area contributed by atoms with E-state index in [1.165, 1.54) is 0 Å². The van der Waals surface area contributed by atoms with Crippen molar-refractivity contribution in [2.75, 3.05) is 7.11 Å². The van der Waals surface area contributed by atoms with Crippen molar-refractivity contribution in [3.8, 4) is 11.8 Å². The van der Waals surface area contributed by atoms with Gasteiger partial charge in [-0.1, -0.05) is 6.92 Å². The molecule has 0 fully saturated rings. The monoisotopic (exact) mass is 256 g/mol. The molecular formula is C15H16N2O2. The van der Waals surface area contributed by atoms with E-state index in [1.807, 2.05) is 32.0 Å². The van der Waals surface area contributed by atoms with E-state index in [1.54, 1.807) is 7.11 Å². The van der Waals surface area contributed by atoms with Crippen molar-refractivity contribution in [1.29, 1.82) is 5.26 Å². The Morgan fingerprint density at radius 3 is 2.74 bits per heavy atom. The highest BCUT2D eigenvalue weighted by Crippen LogP contribution is 2.29. The number of benzene rings is 1. The third kappa shape index (κ3) is 2.32. The lowest BCUT2D eigenvalue weighted by Crippen LogP contribution is -2.11. The summed E-state index contributed by atoms with van der Waals surface area (Å²) in [6.45, 7) is 3.76. The Hall–Kier alpha value is -2.28. The van der Waals surface area contributed by atoms with Crippen LogP contribution in [0, 0.1) is 11.3 Å². The maximum atomic E-state index is 11.9. The largest absolute Gasteiger partial charge is 0.496 e. The van der Waals surface area contributed by atoms with Gasteiger partial charge in [-0.15, -0.1) is 0 Å². The van der Waals surface area contributed by atoms with Crippen molar-refractivity contribution >= 4 is 10.9 Å². The van der Waals surface area contributed by atoms with Crippen LogP contribution in [-0.2, 0) is 6.42 Å². The molecule has 19 heavy (non-hydrogen) atoms. The lowest BCUT2D eigenvalue weighted by atomic mass is 9.99. The van der Waals surface area contributed by atoms with Gasteiger partial charge in [0.15, 0.2) is 0 Å². The molecule has 0 radical (unpaired) electrons. The first-order chi connectivity index (χ1) is 9.10. The summed E-state index contributed by atoms with van der Waals surface area (Å²) in [6, 6.07) is 7.74. The lowest BCUT2D eigenvalue weighted by Gasteiger charge is -2.11. The van der Waals surface area contributed by atoms with Crippen LogP contribution >= 0.6 is 0 Å². The second-order valence-corrected chi connectivity index (χ2v) is 4.51. The summed E-state index contributed by atoms with van der Waals surface area (Å²) in [5.74, 6) is 0.438. The Morgan fingerprint density at radius 2 is 2.16 bits per heavy atom. The average Bonchev–Trinajstić information content (AvgIpc) is 2.44. The molecule has 0 saturated heterocycles. The highest BCUT2D eigenvalue weighted by Gasteiger charge is 2.11. The number of hydrogen-bond acceptors (Lipinski definition) is 3. The molecule has 0 amide bonds. The summed E-state index contributed by atoms with van der Waals surface area (Å²) < 4.78 is 5.37. The lowest BCUT2D eigenvalue weighted by molar-refractivity contribution is 0.419. The first kappa shape index (κ1) is 13.2. The number of aryl methyl sites for hydroxylation is 1. The van der Waals surface area contributed by atoms with Crippen molar-refractivity contribution < 1.29 is 4.74 Å². The van der Waals surface area contributed by atoms with Crippen molar-refractivity contribution in [3.05, 3.63) is 39.7 Å². The van der Waals surface area contributed by atoms with Crippen LogP contribution in [0.5, 0.6) is 5.75 Å². The molecule has 2 rings (SSSR count). The molecule has 1 aromatic carbocycles. The average molecular weight is 256 g/mol. The Morgan fingerprint density at radius 1 is 1.42 bits per heavy atom. The minimum Gasteiger partial charge on any atom is -0.496 e. The van der Waals surface area contributed by atoms with Gasteiger partial charge in [-0.3, -0.25) is 4.79 Å². The first-order valence-corrected chi connectivity index (χ1v) is 6.24. The van der Waals surface area contributed by atoms with Gasteiger partial charge in [0, 0.05) is 10.9 Å². The predicted octanol–water partition coefficient (Wildman–Crippen LogP) is 2.73. The van der Waals surface area contributed by atoms with Gasteiger partial charge in [0.1, 0.15) is 5.75 Å². The van der Waals surface area contributed by atoms with Crippen LogP contribution in [0.4, 0.5) is 0 Å². The van der Waals surface area contributed by atoms with E-state index in [-0.39, 0.29) is 11.5 Å². The third-order valence-corrected chi connectivity index (χ3v) is 3.32. The highest BCUT2D eigenvalue weighted by atomic mass is 16.5. The van der Waals surface area contributed by atoms with E-state index in [9.17, 15) is 4.79 Å². The molecule has 1 heterocycles. The molecule has 1 N–H and O–H groups in total. The number of aromatic amines is 1. The van der Waals surface area contributed by atoms with Gasteiger partial charge < -0.3 is 9.72 Å². The second kappa shape index (κ2) is 5.15. The number of nitriles is 1. The number of nitrogens with zero attached hydrogens (tertiary/aromatic N) is 1. The normalized spacial score (nSPS) is 12.1. The predicted molar refractivity (Wildman–Crippen MR) is 74.5 cm³/mol. The minimum absolute atomic E-state index is 0.0844. The number of rotatable bonds is 3. The zero-order valence-corrected chi connectivity index (χ0v) is 11.3. The second-order valence-electron chi connectivity index (χ2n) is 4.51. The molecule has 0 saturated carbocycles. The number of aromatic nitrogens is 1. The summed E-state index contributed by atoms with van der Waals surface area (Å²) in [4.78, 5) is 14.7. The SMILES string of the molecule is CCc1cc2c(OC)cc(C(C)C#N)cc2[nH]c1=O. The smallest absolute Gasteiger partial charge is 0.251 e.